The van der Waals surface area contributed by atoms with Gasteiger partial charge in [-0.15, -0.1) is 0 Å². The Hall–Kier alpha value is -1.00. The first kappa shape index (κ1) is 12.5. The van der Waals surface area contributed by atoms with E-state index in [4.69, 9.17) is 0 Å². The standard InChI is InChI=1S/C13H21N3O/c1-9-13(15-7-6-14-9)10(2)16-8-11-4-3-5-12(11)17/h6-7,10-12,16-17H,3-5,8H2,1-2H3. The summed E-state index contributed by atoms with van der Waals surface area (Å²) < 4.78 is 0. The largest absolute Gasteiger partial charge is 0.393 e. The fourth-order valence-corrected chi connectivity index (χ4v) is 2.52. The molecule has 1 fully saturated rings. The van der Waals surface area contributed by atoms with Crippen molar-refractivity contribution < 1.29 is 5.11 Å². The van der Waals surface area contributed by atoms with E-state index in [1.807, 2.05) is 6.92 Å². The van der Waals surface area contributed by atoms with Gasteiger partial charge in [0.15, 0.2) is 0 Å². The summed E-state index contributed by atoms with van der Waals surface area (Å²) in [6.07, 6.45) is 6.53. The van der Waals surface area contributed by atoms with Gasteiger partial charge in [-0.2, -0.15) is 0 Å². The van der Waals surface area contributed by atoms with Gasteiger partial charge < -0.3 is 10.4 Å². The van der Waals surface area contributed by atoms with Gasteiger partial charge in [0.25, 0.3) is 0 Å². The summed E-state index contributed by atoms with van der Waals surface area (Å²) in [5, 5.41) is 13.2. The van der Waals surface area contributed by atoms with Crippen molar-refractivity contribution >= 4 is 0 Å². The number of aromatic nitrogens is 2. The quantitative estimate of drug-likeness (QED) is 0.832. The van der Waals surface area contributed by atoms with Crippen molar-refractivity contribution in [1.29, 1.82) is 0 Å². The molecule has 0 radical (unpaired) electrons. The van der Waals surface area contributed by atoms with E-state index in [1.165, 1.54) is 0 Å². The van der Waals surface area contributed by atoms with Crippen LogP contribution >= 0.6 is 0 Å². The number of aliphatic hydroxyl groups excluding tert-OH is 1. The first-order chi connectivity index (χ1) is 8.18. The molecule has 2 rings (SSSR count). The lowest BCUT2D eigenvalue weighted by Gasteiger charge is -2.19. The number of aliphatic hydroxyl groups is 1. The van der Waals surface area contributed by atoms with Crippen LogP contribution in [0.25, 0.3) is 0 Å². The summed E-state index contributed by atoms with van der Waals surface area (Å²) in [7, 11) is 0. The van der Waals surface area contributed by atoms with Crippen LogP contribution in [-0.4, -0.2) is 27.7 Å². The lowest BCUT2D eigenvalue weighted by molar-refractivity contribution is 0.130. The van der Waals surface area contributed by atoms with Gasteiger partial charge in [-0.3, -0.25) is 9.97 Å². The zero-order valence-corrected chi connectivity index (χ0v) is 10.6. The molecule has 1 heterocycles. The second kappa shape index (κ2) is 5.56. The monoisotopic (exact) mass is 235 g/mol. The maximum Gasteiger partial charge on any atom is 0.0782 e. The van der Waals surface area contributed by atoms with E-state index < -0.39 is 0 Å². The van der Waals surface area contributed by atoms with Crippen molar-refractivity contribution in [2.24, 2.45) is 5.92 Å². The third kappa shape index (κ3) is 3.01. The second-order valence-corrected chi connectivity index (χ2v) is 4.92. The molecular formula is C13H21N3O. The van der Waals surface area contributed by atoms with Gasteiger partial charge in [0.1, 0.15) is 0 Å². The van der Waals surface area contributed by atoms with Gasteiger partial charge in [0.05, 0.1) is 17.5 Å². The molecule has 0 aromatic carbocycles. The van der Waals surface area contributed by atoms with Crippen LogP contribution < -0.4 is 5.32 Å². The highest BCUT2D eigenvalue weighted by atomic mass is 16.3. The van der Waals surface area contributed by atoms with Crippen LogP contribution in [0, 0.1) is 12.8 Å². The molecule has 1 aliphatic rings. The van der Waals surface area contributed by atoms with Crippen LogP contribution in [0.4, 0.5) is 0 Å². The summed E-state index contributed by atoms with van der Waals surface area (Å²) in [5.74, 6) is 0.398. The average molecular weight is 235 g/mol. The summed E-state index contributed by atoms with van der Waals surface area (Å²) in [4.78, 5) is 8.60. The van der Waals surface area contributed by atoms with Crippen molar-refractivity contribution in [2.75, 3.05) is 6.54 Å². The summed E-state index contributed by atoms with van der Waals surface area (Å²) in [5.41, 5.74) is 1.97. The van der Waals surface area contributed by atoms with Crippen LogP contribution in [0.5, 0.6) is 0 Å². The lowest BCUT2D eigenvalue weighted by atomic mass is 10.1. The van der Waals surface area contributed by atoms with Crippen LogP contribution in [0.1, 0.15) is 43.6 Å². The summed E-state index contributed by atoms with van der Waals surface area (Å²) >= 11 is 0. The smallest absolute Gasteiger partial charge is 0.0782 e. The van der Waals surface area contributed by atoms with Gasteiger partial charge >= 0.3 is 0 Å². The molecule has 3 atom stereocenters. The maximum atomic E-state index is 9.76. The van der Waals surface area contributed by atoms with E-state index in [0.29, 0.717) is 5.92 Å². The Morgan fingerprint density at radius 2 is 2.18 bits per heavy atom. The molecular weight excluding hydrogens is 214 g/mol. The molecule has 1 aromatic rings. The topological polar surface area (TPSA) is 58.0 Å². The number of nitrogens with zero attached hydrogens (tertiary/aromatic N) is 2. The zero-order valence-electron chi connectivity index (χ0n) is 10.6. The molecule has 0 aliphatic heterocycles. The Kier molecular flexibility index (Phi) is 4.07. The number of aryl methyl sites for hydroxylation is 1. The minimum Gasteiger partial charge on any atom is -0.393 e. The molecule has 0 amide bonds. The SMILES string of the molecule is Cc1nccnc1C(C)NCC1CCCC1O. The van der Waals surface area contributed by atoms with E-state index in [0.717, 1.165) is 37.2 Å². The Bertz CT molecular complexity index is 369. The molecule has 0 bridgehead atoms. The van der Waals surface area contributed by atoms with E-state index in [1.54, 1.807) is 12.4 Å². The van der Waals surface area contributed by atoms with Crippen molar-refractivity contribution in [3.8, 4) is 0 Å². The molecule has 17 heavy (non-hydrogen) atoms. The predicted molar refractivity (Wildman–Crippen MR) is 66.5 cm³/mol. The lowest BCUT2D eigenvalue weighted by Crippen LogP contribution is -2.30. The number of hydrogen-bond acceptors (Lipinski definition) is 4. The molecule has 1 aliphatic carbocycles. The van der Waals surface area contributed by atoms with E-state index in [2.05, 4.69) is 22.2 Å². The molecule has 4 heteroatoms. The molecule has 4 nitrogen and oxygen atoms in total. The summed E-state index contributed by atoms with van der Waals surface area (Å²) in [6.45, 7) is 4.93. The average Bonchev–Trinajstić information content (AvgIpc) is 2.72. The highest BCUT2D eigenvalue weighted by Gasteiger charge is 2.25. The predicted octanol–water partition coefficient (Wildman–Crippen LogP) is 1.60. The highest BCUT2D eigenvalue weighted by Crippen LogP contribution is 2.25. The van der Waals surface area contributed by atoms with Gasteiger partial charge in [-0.25, -0.2) is 0 Å². The number of nitrogens with one attached hydrogen (secondary N) is 1. The number of hydrogen-bond donors (Lipinski definition) is 2. The Morgan fingerprint density at radius 3 is 2.82 bits per heavy atom. The molecule has 1 saturated carbocycles. The van der Waals surface area contributed by atoms with Gasteiger partial charge in [0, 0.05) is 25.0 Å². The van der Waals surface area contributed by atoms with E-state index in [9.17, 15) is 5.11 Å². The third-order valence-corrected chi connectivity index (χ3v) is 3.63. The van der Waals surface area contributed by atoms with E-state index in [-0.39, 0.29) is 12.1 Å². The third-order valence-electron chi connectivity index (χ3n) is 3.63. The van der Waals surface area contributed by atoms with Crippen LogP contribution in [0.3, 0.4) is 0 Å². The summed E-state index contributed by atoms with van der Waals surface area (Å²) in [6, 6.07) is 0.191. The Morgan fingerprint density at radius 1 is 1.41 bits per heavy atom. The van der Waals surface area contributed by atoms with Crippen LogP contribution in [0.15, 0.2) is 12.4 Å². The van der Waals surface area contributed by atoms with Crippen LogP contribution in [0.2, 0.25) is 0 Å². The van der Waals surface area contributed by atoms with Crippen molar-refractivity contribution in [2.45, 2.75) is 45.3 Å². The van der Waals surface area contributed by atoms with Crippen molar-refractivity contribution in [3.05, 3.63) is 23.8 Å². The van der Waals surface area contributed by atoms with Gasteiger partial charge in [-0.05, 0) is 32.6 Å². The van der Waals surface area contributed by atoms with Crippen molar-refractivity contribution in [3.63, 3.8) is 0 Å². The second-order valence-electron chi connectivity index (χ2n) is 4.92. The Balaban J connectivity index is 1.89. The molecule has 94 valence electrons. The molecule has 3 unspecified atom stereocenters. The molecule has 2 N–H and O–H groups in total. The molecule has 0 saturated heterocycles. The minimum atomic E-state index is -0.127. The first-order valence-corrected chi connectivity index (χ1v) is 6.37. The van der Waals surface area contributed by atoms with Gasteiger partial charge in [-0.1, -0.05) is 6.42 Å². The highest BCUT2D eigenvalue weighted by molar-refractivity contribution is 5.12. The molecule has 0 spiro atoms. The maximum absolute atomic E-state index is 9.76. The normalized spacial score (nSPS) is 26.1. The van der Waals surface area contributed by atoms with Crippen molar-refractivity contribution in [1.82, 2.24) is 15.3 Å². The molecule has 1 aromatic heterocycles. The Labute approximate surface area is 102 Å². The fraction of sp³-hybridized carbons (Fsp3) is 0.692. The number of rotatable bonds is 4. The zero-order chi connectivity index (χ0) is 12.3. The fourth-order valence-electron chi connectivity index (χ4n) is 2.52. The minimum absolute atomic E-state index is 0.127. The van der Waals surface area contributed by atoms with E-state index >= 15 is 0 Å². The first-order valence-electron chi connectivity index (χ1n) is 6.37. The van der Waals surface area contributed by atoms with Crippen LogP contribution in [-0.2, 0) is 0 Å². The van der Waals surface area contributed by atoms with Gasteiger partial charge in [0.2, 0.25) is 0 Å².